The monoisotopic (exact) mass is 363 g/mol. The van der Waals surface area contributed by atoms with E-state index in [1.165, 1.54) is 6.33 Å². The lowest BCUT2D eigenvalue weighted by Gasteiger charge is -2.28. The fourth-order valence-electron chi connectivity index (χ4n) is 3.11. The molecule has 2 heterocycles. The van der Waals surface area contributed by atoms with E-state index in [0.29, 0.717) is 12.1 Å². The Bertz CT molecular complexity index is 887. The van der Waals surface area contributed by atoms with Crippen molar-refractivity contribution in [2.75, 3.05) is 36.5 Å². The minimum Gasteiger partial charge on any atom is -0.378 e. The molecular weight excluding hydrogens is 342 g/mol. The molecule has 0 spiro atoms. The minimum atomic E-state index is -0.130. The molecule has 3 aromatic rings. The van der Waals surface area contributed by atoms with E-state index in [1.54, 1.807) is 11.0 Å². The number of rotatable bonds is 5. The van der Waals surface area contributed by atoms with Crippen molar-refractivity contribution in [3.63, 3.8) is 0 Å². The van der Waals surface area contributed by atoms with Gasteiger partial charge in [-0.15, -0.1) is 0 Å². The maximum absolute atomic E-state index is 12.7. The standard InChI is InChI=1S/C20H21N5O2/c26-20(16-5-7-18(8-6-16)24-9-11-27-12-10-24)23-19-4-2-1-3-17(19)13-25-15-21-14-22-25/h1-8,14-15H,9-13H2,(H,23,26). The van der Waals surface area contributed by atoms with E-state index >= 15 is 0 Å². The number of aromatic nitrogens is 3. The number of anilines is 2. The second kappa shape index (κ2) is 8.01. The number of carbonyl (C=O) groups is 1. The fraction of sp³-hybridized carbons (Fsp3) is 0.250. The quantitative estimate of drug-likeness (QED) is 0.754. The number of benzene rings is 2. The molecular formula is C20H21N5O2. The fourth-order valence-corrected chi connectivity index (χ4v) is 3.11. The summed E-state index contributed by atoms with van der Waals surface area (Å²) in [6.07, 6.45) is 3.15. The molecule has 2 aromatic carbocycles. The molecule has 1 aliphatic rings. The van der Waals surface area contributed by atoms with Crippen molar-refractivity contribution < 1.29 is 9.53 Å². The Morgan fingerprint density at radius 1 is 1.07 bits per heavy atom. The first-order valence-corrected chi connectivity index (χ1v) is 8.94. The lowest BCUT2D eigenvalue weighted by Crippen LogP contribution is -2.36. The molecule has 0 unspecified atom stereocenters. The molecule has 1 saturated heterocycles. The van der Waals surface area contributed by atoms with Gasteiger partial charge in [-0.1, -0.05) is 18.2 Å². The predicted molar refractivity (Wildman–Crippen MR) is 103 cm³/mol. The van der Waals surface area contributed by atoms with Crippen LogP contribution in [0.2, 0.25) is 0 Å². The molecule has 0 bridgehead atoms. The van der Waals surface area contributed by atoms with Gasteiger partial charge in [0.25, 0.3) is 5.91 Å². The summed E-state index contributed by atoms with van der Waals surface area (Å²) < 4.78 is 7.11. The van der Waals surface area contributed by atoms with Crippen LogP contribution in [0.4, 0.5) is 11.4 Å². The van der Waals surface area contributed by atoms with Gasteiger partial charge in [0.1, 0.15) is 12.7 Å². The van der Waals surface area contributed by atoms with Crippen LogP contribution in [-0.2, 0) is 11.3 Å². The van der Waals surface area contributed by atoms with E-state index in [4.69, 9.17) is 4.74 Å². The molecule has 4 rings (SSSR count). The van der Waals surface area contributed by atoms with Gasteiger partial charge >= 0.3 is 0 Å². The molecule has 0 radical (unpaired) electrons. The van der Waals surface area contributed by atoms with Crippen molar-refractivity contribution in [2.45, 2.75) is 6.54 Å². The zero-order valence-electron chi connectivity index (χ0n) is 14.9. The molecule has 1 aromatic heterocycles. The number of hydrogen-bond acceptors (Lipinski definition) is 5. The molecule has 0 saturated carbocycles. The van der Waals surface area contributed by atoms with E-state index < -0.39 is 0 Å². The summed E-state index contributed by atoms with van der Waals surface area (Å²) in [6, 6.07) is 15.4. The van der Waals surface area contributed by atoms with Gasteiger partial charge in [0, 0.05) is 30.0 Å². The van der Waals surface area contributed by atoms with Crippen molar-refractivity contribution >= 4 is 17.3 Å². The highest BCUT2D eigenvalue weighted by Crippen LogP contribution is 2.20. The predicted octanol–water partition coefficient (Wildman–Crippen LogP) is 2.42. The molecule has 0 aliphatic carbocycles. The van der Waals surface area contributed by atoms with Crippen LogP contribution in [0.25, 0.3) is 0 Å². The summed E-state index contributed by atoms with van der Waals surface area (Å²) in [7, 11) is 0. The Morgan fingerprint density at radius 2 is 1.85 bits per heavy atom. The van der Waals surface area contributed by atoms with Crippen LogP contribution < -0.4 is 10.2 Å². The Hall–Kier alpha value is -3.19. The van der Waals surface area contributed by atoms with Crippen LogP contribution in [0.1, 0.15) is 15.9 Å². The first-order valence-electron chi connectivity index (χ1n) is 8.94. The van der Waals surface area contributed by atoms with Crippen LogP contribution in [-0.4, -0.2) is 47.0 Å². The van der Waals surface area contributed by atoms with E-state index in [2.05, 4.69) is 20.3 Å². The Morgan fingerprint density at radius 3 is 2.59 bits per heavy atom. The Labute approximate surface area is 157 Å². The second-order valence-corrected chi connectivity index (χ2v) is 6.35. The molecule has 1 N–H and O–H groups in total. The minimum absolute atomic E-state index is 0.130. The van der Waals surface area contributed by atoms with Crippen LogP contribution in [0.15, 0.2) is 61.2 Å². The third kappa shape index (κ3) is 4.15. The summed E-state index contributed by atoms with van der Waals surface area (Å²) in [5.41, 5.74) is 3.49. The summed E-state index contributed by atoms with van der Waals surface area (Å²) in [4.78, 5) is 18.9. The summed E-state index contributed by atoms with van der Waals surface area (Å²) in [5, 5.41) is 7.13. The van der Waals surface area contributed by atoms with Crippen molar-refractivity contribution in [1.29, 1.82) is 0 Å². The molecule has 7 nitrogen and oxygen atoms in total. The highest BCUT2D eigenvalue weighted by atomic mass is 16.5. The first kappa shape index (κ1) is 17.2. The number of ether oxygens (including phenoxy) is 1. The number of hydrogen-bond donors (Lipinski definition) is 1. The van der Waals surface area contributed by atoms with Gasteiger partial charge < -0.3 is 15.0 Å². The van der Waals surface area contributed by atoms with Crippen molar-refractivity contribution in [3.8, 4) is 0 Å². The second-order valence-electron chi connectivity index (χ2n) is 6.35. The van der Waals surface area contributed by atoms with Crippen molar-refractivity contribution in [3.05, 3.63) is 72.3 Å². The smallest absolute Gasteiger partial charge is 0.255 e. The summed E-state index contributed by atoms with van der Waals surface area (Å²) >= 11 is 0. The number of nitrogens with one attached hydrogen (secondary N) is 1. The molecule has 1 fully saturated rings. The number of morpholine rings is 1. The van der Waals surface area contributed by atoms with Gasteiger partial charge in [0.15, 0.2) is 0 Å². The number of carbonyl (C=O) groups excluding carboxylic acids is 1. The topological polar surface area (TPSA) is 72.3 Å². The average Bonchev–Trinajstić information content (AvgIpc) is 3.23. The highest BCUT2D eigenvalue weighted by molar-refractivity contribution is 6.04. The van der Waals surface area contributed by atoms with E-state index in [0.717, 1.165) is 43.2 Å². The molecule has 138 valence electrons. The molecule has 7 heteroatoms. The van der Waals surface area contributed by atoms with Gasteiger partial charge in [-0.3, -0.25) is 4.79 Å². The van der Waals surface area contributed by atoms with Gasteiger partial charge in [-0.2, -0.15) is 5.10 Å². The zero-order chi connectivity index (χ0) is 18.5. The Kier molecular flexibility index (Phi) is 5.11. The number of amides is 1. The van der Waals surface area contributed by atoms with Gasteiger partial charge in [-0.25, -0.2) is 9.67 Å². The third-order valence-electron chi connectivity index (χ3n) is 4.57. The van der Waals surface area contributed by atoms with E-state index in [9.17, 15) is 4.79 Å². The van der Waals surface area contributed by atoms with Crippen LogP contribution >= 0.6 is 0 Å². The lowest BCUT2D eigenvalue weighted by atomic mass is 10.1. The van der Waals surface area contributed by atoms with E-state index in [1.807, 2.05) is 48.5 Å². The maximum atomic E-state index is 12.7. The third-order valence-corrected chi connectivity index (χ3v) is 4.57. The lowest BCUT2D eigenvalue weighted by molar-refractivity contribution is 0.102. The van der Waals surface area contributed by atoms with Crippen LogP contribution in [0, 0.1) is 0 Å². The normalized spacial score (nSPS) is 14.1. The molecule has 0 atom stereocenters. The maximum Gasteiger partial charge on any atom is 0.255 e. The van der Waals surface area contributed by atoms with Crippen LogP contribution in [0.3, 0.4) is 0 Å². The number of nitrogens with zero attached hydrogens (tertiary/aromatic N) is 4. The SMILES string of the molecule is O=C(Nc1ccccc1Cn1cncn1)c1ccc(N2CCOCC2)cc1. The Balaban J connectivity index is 1.46. The van der Waals surface area contributed by atoms with Gasteiger partial charge in [0.05, 0.1) is 19.8 Å². The number of para-hydroxylation sites is 1. The van der Waals surface area contributed by atoms with E-state index in [-0.39, 0.29) is 5.91 Å². The van der Waals surface area contributed by atoms with Gasteiger partial charge in [0.2, 0.25) is 0 Å². The summed E-state index contributed by atoms with van der Waals surface area (Å²) in [6.45, 7) is 3.78. The first-order chi connectivity index (χ1) is 13.3. The van der Waals surface area contributed by atoms with Crippen molar-refractivity contribution in [1.82, 2.24) is 14.8 Å². The zero-order valence-corrected chi connectivity index (χ0v) is 14.9. The van der Waals surface area contributed by atoms with Crippen LogP contribution in [0.5, 0.6) is 0 Å². The molecule has 1 amide bonds. The van der Waals surface area contributed by atoms with Gasteiger partial charge in [-0.05, 0) is 35.9 Å². The largest absolute Gasteiger partial charge is 0.378 e. The molecule has 27 heavy (non-hydrogen) atoms. The van der Waals surface area contributed by atoms with Crippen molar-refractivity contribution in [2.24, 2.45) is 0 Å². The summed E-state index contributed by atoms with van der Waals surface area (Å²) in [5.74, 6) is -0.130. The molecule has 1 aliphatic heterocycles. The highest BCUT2D eigenvalue weighted by Gasteiger charge is 2.13. The average molecular weight is 363 g/mol.